The van der Waals surface area contributed by atoms with Gasteiger partial charge in [-0.1, -0.05) is 75.2 Å². The lowest BCUT2D eigenvalue weighted by atomic mass is 9.97. The second-order valence-electron chi connectivity index (χ2n) is 10.9. The van der Waals surface area contributed by atoms with Crippen molar-refractivity contribution in [2.75, 3.05) is 0 Å². The second kappa shape index (κ2) is 15.0. The molecule has 0 unspecified atom stereocenters. The zero-order chi connectivity index (χ0) is 35.1. The molecule has 4 aromatic carbocycles. The molecule has 0 aromatic heterocycles. The lowest BCUT2D eigenvalue weighted by Gasteiger charge is -2.14. The molecule has 0 heterocycles. The fraction of sp³-hybridized carbons (Fsp3) is 0.128. The number of benzene rings is 4. The average Bonchev–Trinajstić information content (AvgIpc) is 3.04. The molecule has 48 heavy (non-hydrogen) atoms. The van der Waals surface area contributed by atoms with E-state index in [0.29, 0.717) is 11.1 Å². The molecule has 0 fully saturated rings. The van der Waals surface area contributed by atoms with Crippen molar-refractivity contribution in [2.45, 2.75) is 34.1 Å². The van der Waals surface area contributed by atoms with E-state index < -0.39 is 29.7 Å². The second-order valence-corrected chi connectivity index (χ2v) is 10.9. The molecule has 9 heteroatoms. The van der Waals surface area contributed by atoms with Gasteiger partial charge in [-0.15, -0.1) is 0 Å². The zero-order valence-electron chi connectivity index (χ0n) is 27.0. The van der Waals surface area contributed by atoms with Crippen LogP contribution < -0.4 is 18.9 Å². The number of halogens is 1. The van der Waals surface area contributed by atoms with Gasteiger partial charge >= 0.3 is 23.9 Å². The lowest BCUT2D eigenvalue weighted by molar-refractivity contribution is -0.134. The highest BCUT2D eigenvalue weighted by Gasteiger charge is 2.20. The number of hydrogen-bond donors (Lipinski definition) is 0. The van der Waals surface area contributed by atoms with Crippen molar-refractivity contribution in [3.63, 3.8) is 0 Å². The summed E-state index contributed by atoms with van der Waals surface area (Å²) in [4.78, 5) is 48.6. The Labute approximate surface area is 277 Å². The molecular formula is C39H33FO8. The maximum absolute atomic E-state index is 15.4. The van der Waals surface area contributed by atoms with Crippen LogP contribution in [0.2, 0.25) is 0 Å². The smallest absolute Gasteiger partial charge is 0.338 e. The van der Waals surface area contributed by atoms with Gasteiger partial charge in [0.15, 0.2) is 0 Å². The fourth-order valence-corrected chi connectivity index (χ4v) is 4.31. The SMILES string of the molecule is C=C(C)C(=O)Oc1ccc(-c2ccc(-c3ccc(-c4c(F)cc(OC(=O)C(=C)C)cc4OC(=O)CC)cc3)cc2)c(OC(=O)C(=C)C)c1. The Hall–Kier alpha value is -6.09. The van der Waals surface area contributed by atoms with E-state index in [1.807, 2.05) is 24.3 Å². The predicted molar refractivity (Wildman–Crippen MR) is 180 cm³/mol. The van der Waals surface area contributed by atoms with Gasteiger partial charge in [0.25, 0.3) is 0 Å². The predicted octanol–water partition coefficient (Wildman–Crippen LogP) is 8.59. The van der Waals surface area contributed by atoms with Gasteiger partial charge < -0.3 is 18.9 Å². The topological polar surface area (TPSA) is 105 Å². The largest absolute Gasteiger partial charge is 0.426 e. The molecule has 0 saturated carbocycles. The third-order valence-corrected chi connectivity index (χ3v) is 6.87. The van der Waals surface area contributed by atoms with Gasteiger partial charge in [0.1, 0.15) is 28.8 Å². The molecule has 0 atom stereocenters. The molecule has 0 amide bonds. The molecule has 0 N–H and O–H groups in total. The van der Waals surface area contributed by atoms with E-state index in [2.05, 4.69) is 19.7 Å². The van der Waals surface area contributed by atoms with Crippen molar-refractivity contribution in [3.05, 3.63) is 121 Å². The van der Waals surface area contributed by atoms with E-state index in [-0.39, 0.29) is 51.7 Å². The Kier molecular flexibility index (Phi) is 10.9. The van der Waals surface area contributed by atoms with Crippen molar-refractivity contribution >= 4 is 23.9 Å². The van der Waals surface area contributed by atoms with Crippen molar-refractivity contribution in [2.24, 2.45) is 0 Å². The van der Waals surface area contributed by atoms with Gasteiger partial charge in [-0.25, -0.2) is 18.8 Å². The quantitative estimate of drug-likeness (QED) is 0.0905. The molecule has 4 aromatic rings. The van der Waals surface area contributed by atoms with E-state index in [1.165, 1.54) is 32.9 Å². The van der Waals surface area contributed by atoms with E-state index in [1.54, 1.807) is 43.3 Å². The molecule has 0 aliphatic rings. The van der Waals surface area contributed by atoms with Crippen LogP contribution in [-0.2, 0) is 19.2 Å². The first-order chi connectivity index (χ1) is 22.8. The first-order valence-corrected chi connectivity index (χ1v) is 14.8. The van der Waals surface area contributed by atoms with E-state index in [9.17, 15) is 19.2 Å². The number of carbonyl (C=O) groups excluding carboxylic acids is 4. The summed E-state index contributed by atoms with van der Waals surface area (Å²) in [6, 6.07) is 21.4. The highest BCUT2D eigenvalue weighted by Crippen LogP contribution is 2.39. The van der Waals surface area contributed by atoms with E-state index in [0.717, 1.165) is 22.8 Å². The third-order valence-electron chi connectivity index (χ3n) is 6.87. The molecule has 0 spiro atoms. The van der Waals surface area contributed by atoms with Crippen molar-refractivity contribution in [3.8, 4) is 56.4 Å². The van der Waals surface area contributed by atoms with Crippen LogP contribution in [0.4, 0.5) is 4.39 Å². The van der Waals surface area contributed by atoms with Gasteiger partial charge in [0, 0.05) is 46.9 Å². The maximum atomic E-state index is 15.4. The minimum Gasteiger partial charge on any atom is -0.426 e. The Morgan fingerprint density at radius 2 is 1.02 bits per heavy atom. The summed E-state index contributed by atoms with van der Waals surface area (Å²) in [6.07, 6.45) is 0.0518. The van der Waals surface area contributed by atoms with Crippen LogP contribution in [0, 0.1) is 5.82 Å². The minimum atomic E-state index is -0.749. The zero-order valence-corrected chi connectivity index (χ0v) is 27.0. The molecule has 0 bridgehead atoms. The Morgan fingerprint density at radius 1 is 0.562 bits per heavy atom. The summed E-state index contributed by atoms with van der Waals surface area (Å²) in [5, 5.41) is 0. The van der Waals surface area contributed by atoms with Crippen LogP contribution in [0.5, 0.6) is 23.0 Å². The van der Waals surface area contributed by atoms with Crippen molar-refractivity contribution < 1.29 is 42.5 Å². The highest BCUT2D eigenvalue weighted by molar-refractivity contribution is 5.92. The summed E-state index contributed by atoms with van der Waals surface area (Å²) >= 11 is 0. The number of hydrogen-bond acceptors (Lipinski definition) is 8. The summed E-state index contributed by atoms with van der Waals surface area (Å²) in [6.45, 7) is 16.8. The highest BCUT2D eigenvalue weighted by atomic mass is 19.1. The molecule has 8 nitrogen and oxygen atoms in total. The molecule has 0 radical (unpaired) electrons. The van der Waals surface area contributed by atoms with Gasteiger partial charge in [0.05, 0.1) is 5.56 Å². The monoisotopic (exact) mass is 648 g/mol. The van der Waals surface area contributed by atoms with Crippen molar-refractivity contribution in [1.29, 1.82) is 0 Å². The number of rotatable bonds is 11. The lowest BCUT2D eigenvalue weighted by Crippen LogP contribution is -2.11. The number of esters is 4. The van der Waals surface area contributed by atoms with Crippen LogP contribution in [-0.4, -0.2) is 23.9 Å². The maximum Gasteiger partial charge on any atom is 0.338 e. The number of carbonyl (C=O) groups is 4. The normalized spacial score (nSPS) is 10.4. The fourth-order valence-electron chi connectivity index (χ4n) is 4.31. The van der Waals surface area contributed by atoms with Gasteiger partial charge in [0.2, 0.25) is 0 Å². The van der Waals surface area contributed by atoms with Crippen LogP contribution in [0.25, 0.3) is 33.4 Å². The summed E-state index contributed by atoms with van der Waals surface area (Å²) in [7, 11) is 0. The molecule has 244 valence electrons. The van der Waals surface area contributed by atoms with E-state index >= 15 is 4.39 Å². The Balaban J connectivity index is 1.65. The standard InChI is InChI=1S/C39H33FO8/c1-8-35(41)47-34-21-30(46-38(43)23(4)5)19-32(40)36(34)28-15-11-26(12-16-28)25-9-13-27(14-10-25)31-18-17-29(45-37(42)22(2)3)20-33(31)48-39(44)24(6)7/h9-21H,2,4,6,8H2,1,3,5,7H3. The summed E-state index contributed by atoms with van der Waals surface area (Å²) in [5.74, 6) is -3.19. The van der Waals surface area contributed by atoms with Crippen LogP contribution in [0.15, 0.2) is 115 Å². The Morgan fingerprint density at radius 3 is 1.54 bits per heavy atom. The summed E-state index contributed by atoms with van der Waals surface area (Å²) < 4.78 is 36.9. The van der Waals surface area contributed by atoms with Crippen molar-refractivity contribution in [1.82, 2.24) is 0 Å². The molecule has 0 aliphatic heterocycles. The molecule has 4 rings (SSSR count). The molecule has 0 aliphatic carbocycles. The van der Waals surface area contributed by atoms with Gasteiger partial charge in [-0.05, 0) is 55.2 Å². The third kappa shape index (κ3) is 8.38. The minimum absolute atomic E-state index is 0.0306. The Bertz CT molecular complexity index is 1950. The summed E-state index contributed by atoms with van der Waals surface area (Å²) in [5.41, 5.74) is 3.93. The molecule has 0 saturated heterocycles. The van der Waals surface area contributed by atoms with Crippen LogP contribution in [0.1, 0.15) is 34.1 Å². The van der Waals surface area contributed by atoms with Gasteiger partial charge in [-0.2, -0.15) is 0 Å². The molecular weight excluding hydrogens is 615 g/mol. The van der Waals surface area contributed by atoms with Crippen LogP contribution >= 0.6 is 0 Å². The first kappa shape index (κ1) is 34.8. The average molecular weight is 649 g/mol. The van der Waals surface area contributed by atoms with Gasteiger partial charge in [-0.3, -0.25) is 4.79 Å². The van der Waals surface area contributed by atoms with Crippen LogP contribution in [0.3, 0.4) is 0 Å². The number of ether oxygens (including phenoxy) is 4. The van der Waals surface area contributed by atoms with E-state index in [4.69, 9.17) is 18.9 Å². The first-order valence-electron chi connectivity index (χ1n) is 14.8.